The second kappa shape index (κ2) is 6.76. The smallest absolute Gasteiger partial charge is 0.270 e. The van der Waals surface area contributed by atoms with Crippen LogP contribution in [0.5, 0.6) is 0 Å². The summed E-state index contributed by atoms with van der Waals surface area (Å²) < 4.78 is 0.736. The average molecular weight is 353 g/mol. The normalized spacial score (nSPS) is 10.3. The molecule has 0 saturated heterocycles. The molecule has 0 heterocycles. The second-order valence-corrected chi connectivity index (χ2v) is 5.85. The van der Waals surface area contributed by atoms with Gasteiger partial charge in [-0.2, -0.15) is 0 Å². The van der Waals surface area contributed by atoms with Gasteiger partial charge >= 0.3 is 0 Å². The predicted molar refractivity (Wildman–Crippen MR) is 86.3 cm³/mol. The number of nitro benzene ring substituents is 1. The van der Waals surface area contributed by atoms with Crippen molar-refractivity contribution < 1.29 is 4.92 Å². The Morgan fingerprint density at radius 3 is 2.50 bits per heavy atom. The van der Waals surface area contributed by atoms with Gasteiger partial charge in [-0.15, -0.1) is 11.8 Å². The third-order valence-electron chi connectivity index (χ3n) is 2.82. The van der Waals surface area contributed by atoms with E-state index in [1.54, 1.807) is 17.8 Å². The number of hydrogen-bond acceptors (Lipinski definition) is 4. The molecule has 0 radical (unpaired) electrons. The molecule has 0 amide bonds. The minimum Gasteiger partial charge on any atom is -0.381 e. The maximum Gasteiger partial charge on any atom is 0.270 e. The first-order valence-electron chi connectivity index (χ1n) is 5.91. The highest BCUT2D eigenvalue weighted by atomic mass is 79.9. The summed E-state index contributed by atoms with van der Waals surface area (Å²) in [4.78, 5) is 11.5. The number of nitrogens with zero attached hydrogens (tertiary/aromatic N) is 1. The first-order chi connectivity index (χ1) is 9.60. The lowest BCUT2D eigenvalue weighted by atomic mass is 10.2. The Morgan fingerprint density at radius 2 is 1.95 bits per heavy atom. The van der Waals surface area contributed by atoms with E-state index in [1.165, 1.54) is 17.0 Å². The molecule has 0 spiro atoms. The third-order valence-corrected chi connectivity index (χ3v) is 4.30. The highest BCUT2D eigenvalue weighted by Gasteiger charge is 2.08. The van der Waals surface area contributed by atoms with Crippen LogP contribution in [0.4, 0.5) is 11.4 Å². The van der Waals surface area contributed by atoms with Crippen molar-refractivity contribution in [3.63, 3.8) is 0 Å². The molecule has 0 bridgehead atoms. The van der Waals surface area contributed by atoms with Crippen LogP contribution in [0.3, 0.4) is 0 Å². The van der Waals surface area contributed by atoms with E-state index in [0.29, 0.717) is 6.54 Å². The van der Waals surface area contributed by atoms with Gasteiger partial charge < -0.3 is 5.32 Å². The number of nitrogens with one attached hydrogen (secondary N) is 1. The van der Waals surface area contributed by atoms with Crippen LogP contribution in [0.1, 0.15) is 5.56 Å². The fourth-order valence-corrected chi connectivity index (χ4v) is 2.61. The summed E-state index contributed by atoms with van der Waals surface area (Å²) >= 11 is 5.06. The van der Waals surface area contributed by atoms with Crippen molar-refractivity contribution in [2.75, 3.05) is 11.6 Å². The van der Waals surface area contributed by atoms with Crippen molar-refractivity contribution in [1.82, 2.24) is 0 Å². The van der Waals surface area contributed by atoms with Gasteiger partial charge in [0.05, 0.1) is 4.92 Å². The summed E-state index contributed by atoms with van der Waals surface area (Å²) in [5.41, 5.74) is 2.09. The van der Waals surface area contributed by atoms with Crippen LogP contribution in [0, 0.1) is 10.1 Å². The van der Waals surface area contributed by atoms with Crippen molar-refractivity contribution in [3.8, 4) is 0 Å². The molecule has 104 valence electrons. The topological polar surface area (TPSA) is 55.2 Å². The first-order valence-corrected chi connectivity index (χ1v) is 7.92. The number of halogens is 1. The molecule has 4 nitrogen and oxygen atoms in total. The van der Waals surface area contributed by atoms with Crippen LogP contribution in [-0.2, 0) is 6.54 Å². The molecule has 0 aliphatic carbocycles. The van der Waals surface area contributed by atoms with Gasteiger partial charge in [-0.3, -0.25) is 10.1 Å². The van der Waals surface area contributed by atoms with Gasteiger partial charge in [-0.25, -0.2) is 0 Å². The molecule has 0 fully saturated rings. The van der Waals surface area contributed by atoms with Gasteiger partial charge in [-0.05, 0) is 42.2 Å². The minimum atomic E-state index is -0.400. The summed E-state index contributed by atoms with van der Waals surface area (Å²) in [5.74, 6) is 0. The lowest BCUT2D eigenvalue weighted by molar-refractivity contribution is -0.384. The molecule has 0 saturated carbocycles. The highest BCUT2D eigenvalue weighted by molar-refractivity contribution is 9.10. The molecule has 0 unspecified atom stereocenters. The van der Waals surface area contributed by atoms with Gasteiger partial charge in [0.25, 0.3) is 5.69 Å². The Hall–Kier alpha value is -1.53. The van der Waals surface area contributed by atoms with E-state index in [1.807, 2.05) is 18.4 Å². The van der Waals surface area contributed by atoms with E-state index >= 15 is 0 Å². The standard InChI is InChI=1S/C14H13BrN2O2S/c1-20-13-6-3-11(4-7-13)16-9-10-2-5-12(17(18)19)8-14(10)15/h2-8,16H,9H2,1H3. The van der Waals surface area contributed by atoms with E-state index in [-0.39, 0.29) is 5.69 Å². The number of non-ortho nitro benzene ring substituents is 1. The molecular weight excluding hydrogens is 340 g/mol. The number of thioether (sulfide) groups is 1. The molecule has 2 rings (SSSR count). The molecule has 20 heavy (non-hydrogen) atoms. The number of rotatable bonds is 5. The van der Waals surface area contributed by atoms with Crippen molar-refractivity contribution in [3.05, 3.63) is 62.6 Å². The quantitative estimate of drug-likeness (QED) is 0.481. The first kappa shape index (κ1) is 14.9. The maximum atomic E-state index is 10.7. The monoisotopic (exact) mass is 352 g/mol. The largest absolute Gasteiger partial charge is 0.381 e. The summed E-state index contributed by atoms with van der Waals surface area (Å²) in [5, 5.41) is 14.0. The van der Waals surface area contributed by atoms with Gasteiger partial charge in [0.15, 0.2) is 0 Å². The van der Waals surface area contributed by atoms with E-state index < -0.39 is 4.92 Å². The maximum absolute atomic E-state index is 10.7. The van der Waals surface area contributed by atoms with Gasteiger partial charge in [0, 0.05) is 33.7 Å². The van der Waals surface area contributed by atoms with E-state index in [0.717, 1.165) is 15.7 Å². The molecular formula is C14H13BrN2O2S. The number of nitro groups is 1. The summed E-state index contributed by atoms with van der Waals surface area (Å²) in [7, 11) is 0. The number of hydrogen-bond donors (Lipinski definition) is 1. The van der Waals surface area contributed by atoms with Crippen LogP contribution >= 0.6 is 27.7 Å². The van der Waals surface area contributed by atoms with Gasteiger partial charge in [0.1, 0.15) is 0 Å². The number of benzene rings is 2. The third kappa shape index (κ3) is 3.74. The van der Waals surface area contributed by atoms with Crippen molar-refractivity contribution in [1.29, 1.82) is 0 Å². The highest BCUT2D eigenvalue weighted by Crippen LogP contribution is 2.24. The Morgan fingerprint density at radius 1 is 1.25 bits per heavy atom. The molecule has 0 aliphatic rings. The Bertz CT molecular complexity index is 617. The number of anilines is 1. The van der Waals surface area contributed by atoms with Gasteiger partial charge in [-0.1, -0.05) is 15.9 Å². The molecule has 2 aromatic carbocycles. The molecule has 0 aliphatic heterocycles. The van der Waals surface area contributed by atoms with Crippen LogP contribution < -0.4 is 5.32 Å². The van der Waals surface area contributed by atoms with Crippen molar-refractivity contribution in [2.24, 2.45) is 0 Å². The molecule has 1 N–H and O–H groups in total. The van der Waals surface area contributed by atoms with Gasteiger partial charge in [0.2, 0.25) is 0 Å². The minimum absolute atomic E-state index is 0.0879. The SMILES string of the molecule is CSc1ccc(NCc2ccc([N+](=O)[O-])cc2Br)cc1. The summed E-state index contributed by atoms with van der Waals surface area (Å²) in [6, 6.07) is 12.9. The lowest BCUT2D eigenvalue weighted by Crippen LogP contribution is -2.00. The zero-order valence-corrected chi connectivity index (χ0v) is 13.2. The van der Waals surface area contributed by atoms with Crippen LogP contribution in [-0.4, -0.2) is 11.2 Å². The van der Waals surface area contributed by atoms with Crippen molar-refractivity contribution >= 4 is 39.1 Å². The second-order valence-electron chi connectivity index (χ2n) is 4.11. The van der Waals surface area contributed by atoms with Crippen molar-refractivity contribution in [2.45, 2.75) is 11.4 Å². The molecule has 0 aromatic heterocycles. The molecule has 6 heteroatoms. The Labute approximate surface area is 129 Å². The average Bonchev–Trinajstić information content (AvgIpc) is 2.46. The zero-order valence-electron chi connectivity index (χ0n) is 10.8. The Balaban J connectivity index is 2.04. The lowest BCUT2D eigenvalue weighted by Gasteiger charge is -2.08. The van der Waals surface area contributed by atoms with Crippen LogP contribution in [0.2, 0.25) is 0 Å². The van der Waals surface area contributed by atoms with E-state index in [2.05, 4.69) is 33.4 Å². The van der Waals surface area contributed by atoms with Crippen LogP contribution in [0.25, 0.3) is 0 Å². The van der Waals surface area contributed by atoms with Crippen LogP contribution in [0.15, 0.2) is 51.8 Å². The molecule has 2 aromatic rings. The summed E-state index contributed by atoms with van der Waals surface area (Å²) in [6.45, 7) is 0.608. The van der Waals surface area contributed by atoms with E-state index in [9.17, 15) is 10.1 Å². The predicted octanol–water partition coefficient (Wildman–Crippen LogP) is 4.69. The fourth-order valence-electron chi connectivity index (χ4n) is 1.70. The fraction of sp³-hybridized carbons (Fsp3) is 0.143. The zero-order chi connectivity index (χ0) is 14.5. The summed E-state index contributed by atoms with van der Waals surface area (Å²) in [6.07, 6.45) is 2.04. The van der Waals surface area contributed by atoms with E-state index in [4.69, 9.17) is 0 Å². The molecule has 0 atom stereocenters. The Kier molecular flexibility index (Phi) is 5.03.